The van der Waals surface area contributed by atoms with E-state index in [1.54, 1.807) is 0 Å². The summed E-state index contributed by atoms with van der Waals surface area (Å²) in [7, 11) is 0. The third-order valence-electron chi connectivity index (χ3n) is 8.65. The number of carbonyl (C=O) groups excluding carboxylic acids is 1. The fraction of sp³-hybridized carbons (Fsp3) is 0.850. The van der Waals surface area contributed by atoms with E-state index in [0.29, 0.717) is 18.8 Å². The molecule has 0 aromatic carbocycles. The molecule has 4 rings (SSSR count). The first kappa shape index (κ1) is 16.7. The Balaban J connectivity index is 1.73. The lowest BCUT2D eigenvalue weighted by Gasteiger charge is -2.58. The van der Waals surface area contributed by atoms with Crippen molar-refractivity contribution in [2.24, 2.45) is 28.6 Å². The van der Waals surface area contributed by atoms with Crippen LogP contribution in [0.2, 0.25) is 0 Å². The Kier molecular flexibility index (Phi) is 3.26. The van der Waals surface area contributed by atoms with E-state index in [9.17, 15) is 18.7 Å². The van der Waals surface area contributed by atoms with Crippen LogP contribution in [-0.4, -0.2) is 22.4 Å². The van der Waals surface area contributed by atoms with Crippen LogP contribution in [-0.2, 0) is 4.79 Å². The first-order chi connectivity index (χ1) is 11.0. The van der Waals surface area contributed by atoms with Crippen LogP contribution in [0.5, 0.6) is 0 Å². The highest BCUT2D eigenvalue weighted by Crippen LogP contribution is 2.70. The molecule has 6 atom stereocenters. The van der Waals surface area contributed by atoms with Gasteiger partial charge in [-0.2, -0.15) is 0 Å². The Morgan fingerprint density at radius 2 is 1.79 bits per heavy atom. The molecule has 0 aliphatic heterocycles. The minimum atomic E-state index is -3.01. The average molecular weight is 338 g/mol. The second kappa shape index (κ2) is 4.69. The Morgan fingerprint density at radius 3 is 2.50 bits per heavy atom. The first-order valence-electron chi connectivity index (χ1n) is 9.37. The smallest absolute Gasteiger partial charge is 0.276 e. The predicted octanol–water partition coefficient (Wildman–Crippen LogP) is 4.51. The maximum atomic E-state index is 14.6. The highest BCUT2D eigenvalue weighted by Gasteiger charge is 2.72. The molecule has 24 heavy (non-hydrogen) atoms. The zero-order chi connectivity index (χ0) is 17.5. The molecule has 0 saturated heterocycles. The minimum Gasteiger partial charge on any atom is -0.383 e. The summed E-state index contributed by atoms with van der Waals surface area (Å²) in [6.45, 7) is 5.48. The van der Waals surface area contributed by atoms with E-state index >= 15 is 0 Å². The second-order valence-electron chi connectivity index (χ2n) is 9.41. The molecule has 134 valence electrons. The molecular weight excluding hydrogens is 310 g/mol. The highest BCUT2D eigenvalue weighted by molar-refractivity contribution is 5.91. The number of fused-ring (bicyclic) bond motifs is 5. The molecule has 3 saturated carbocycles. The van der Waals surface area contributed by atoms with Crippen molar-refractivity contribution in [1.29, 1.82) is 0 Å². The summed E-state index contributed by atoms with van der Waals surface area (Å²) in [6, 6.07) is 0. The van der Waals surface area contributed by atoms with Gasteiger partial charge in [-0.1, -0.05) is 19.4 Å². The Morgan fingerprint density at radius 1 is 1.08 bits per heavy atom. The van der Waals surface area contributed by atoms with Crippen molar-refractivity contribution in [3.63, 3.8) is 0 Å². The molecule has 0 amide bonds. The molecule has 0 heterocycles. The molecule has 3 fully saturated rings. The third kappa shape index (κ3) is 1.81. The average Bonchev–Trinajstić information content (AvgIpc) is 2.64. The zero-order valence-electron chi connectivity index (χ0n) is 14.9. The van der Waals surface area contributed by atoms with Crippen molar-refractivity contribution in [3.05, 3.63) is 11.6 Å². The molecule has 0 aromatic heterocycles. The SMILES string of the molecule is CC1(O)C(F)(F)C[C@H]2[C@@H]3CCC4=CC(=O)CC[C@]4(C)[C@@H]3CC[C@@]21C. The van der Waals surface area contributed by atoms with Crippen LogP contribution in [0.4, 0.5) is 8.78 Å². The second-order valence-corrected chi connectivity index (χ2v) is 9.41. The van der Waals surface area contributed by atoms with Gasteiger partial charge in [0.15, 0.2) is 5.78 Å². The van der Waals surface area contributed by atoms with Crippen molar-refractivity contribution < 1.29 is 18.7 Å². The van der Waals surface area contributed by atoms with Gasteiger partial charge in [0.2, 0.25) is 0 Å². The van der Waals surface area contributed by atoms with Gasteiger partial charge in [-0.3, -0.25) is 4.79 Å². The molecular formula is C20H28F2O2. The van der Waals surface area contributed by atoms with Gasteiger partial charge >= 0.3 is 0 Å². The van der Waals surface area contributed by atoms with E-state index in [1.165, 1.54) is 12.5 Å². The maximum absolute atomic E-state index is 14.6. The van der Waals surface area contributed by atoms with E-state index in [1.807, 2.05) is 13.0 Å². The number of rotatable bonds is 0. The lowest BCUT2D eigenvalue weighted by molar-refractivity contribution is -0.199. The highest BCUT2D eigenvalue weighted by atomic mass is 19.3. The van der Waals surface area contributed by atoms with E-state index in [4.69, 9.17) is 0 Å². The number of allylic oxidation sites excluding steroid dienone is 1. The minimum absolute atomic E-state index is 0.0120. The molecule has 2 nitrogen and oxygen atoms in total. The zero-order valence-corrected chi connectivity index (χ0v) is 14.9. The summed E-state index contributed by atoms with van der Waals surface area (Å²) >= 11 is 0. The van der Waals surface area contributed by atoms with Crippen LogP contribution >= 0.6 is 0 Å². The first-order valence-corrected chi connectivity index (χ1v) is 9.37. The van der Waals surface area contributed by atoms with Crippen molar-refractivity contribution >= 4 is 5.78 Å². The Bertz CT molecular complexity index is 623. The lowest BCUT2D eigenvalue weighted by Crippen LogP contribution is -2.56. The topological polar surface area (TPSA) is 37.3 Å². The largest absolute Gasteiger partial charge is 0.383 e. The van der Waals surface area contributed by atoms with Crippen molar-refractivity contribution in [3.8, 4) is 0 Å². The molecule has 4 aliphatic carbocycles. The van der Waals surface area contributed by atoms with Crippen molar-refractivity contribution in [2.45, 2.75) is 77.2 Å². The van der Waals surface area contributed by atoms with Crippen LogP contribution in [0.3, 0.4) is 0 Å². The van der Waals surface area contributed by atoms with E-state index < -0.39 is 16.9 Å². The molecule has 0 aromatic rings. The number of halogens is 2. The summed E-state index contributed by atoms with van der Waals surface area (Å²) in [5.74, 6) is -2.32. The summed E-state index contributed by atoms with van der Waals surface area (Å²) in [5.41, 5.74) is -1.39. The Hall–Kier alpha value is -0.770. The molecule has 0 radical (unpaired) electrons. The molecule has 4 heteroatoms. The van der Waals surface area contributed by atoms with Gasteiger partial charge in [-0.15, -0.1) is 0 Å². The molecule has 0 bridgehead atoms. The standard InChI is InChI=1S/C20H28F2O2/c1-17-8-6-13(23)10-12(17)4-5-14-15(17)7-9-18(2)16(14)11-20(21,22)19(18,3)24/h10,14-16,24H,4-9,11H2,1-3H3/t14-,15-,16+,17+,18+,19?/m1/s1. The fourth-order valence-electron chi connectivity index (χ4n) is 6.75. The third-order valence-corrected chi connectivity index (χ3v) is 8.65. The van der Waals surface area contributed by atoms with Gasteiger partial charge < -0.3 is 5.11 Å². The number of alkyl halides is 2. The number of hydrogen-bond donors (Lipinski definition) is 1. The van der Waals surface area contributed by atoms with Gasteiger partial charge in [-0.25, -0.2) is 8.78 Å². The van der Waals surface area contributed by atoms with Gasteiger partial charge in [0.25, 0.3) is 5.92 Å². The van der Waals surface area contributed by atoms with Crippen LogP contribution in [0.15, 0.2) is 11.6 Å². The number of aliphatic hydroxyl groups is 1. The normalized spacial score (nSPS) is 53.0. The summed E-state index contributed by atoms with van der Waals surface area (Å²) in [4.78, 5) is 11.8. The lowest BCUT2D eigenvalue weighted by atomic mass is 9.46. The van der Waals surface area contributed by atoms with Gasteiger partial charge in [0, 0.05) is 18.3 Å². The number of hydrogen-bond acceptors (Lipinski definition) is 2. The van der Waals surface area contributed by atoms with E-state index in [2.05, 4.69) is 6.92 Å². The molecule has 4 aliphatic rings. The fourth-order valence-corrected chi connectivity index (χ4v) is 6.75. The monoisotopic (exact) mass is 338 g/mol. The summed E-state index contributed by atoms with van der Waals surface area (Å²) < 4.78 is 29.2. The number of ketones is 1. The summed E-state index contributed by atoms with van der Waals surface area (Å²) in [5, 5.41) is 10.7. The van der Waals surface area contributed by atoms with E-state index in [0.717, 1.165) is 25.7 Å². The molecule has 1 unspecified atom stereocenters. The predicted molar refractivity (Wildman–Crippen MR) is 87.7 cm³/mol. The number of carbonyl (C=O) groups is 1. The van der Waals surface area contributed by atoms with E-state index in [-0.39, 0.29) is 29.5 Å². The van der Waals surface area contributed by atoms with Gasteiger partial charge in [-0.05, 0) is 68.3 Å². The van der Waals surface area contributed by atoms with Crippen LogP contribution in [0, 0.1) is 28.6 Å². The molecule has 0 spiro atoms. The van der Waals surface area contributed by atoms with Crippen molar-refractivity contribution in [1.82, 2.24) is 0 Å². The quantitative estimate of drug-likeness (QED) is 0.705. The summed E-state index contributed by atoms with van der Waals surface area (Å²) in [6.07, 6.45) is 6.35. The van der Waals surface area contributed by atoms with Crippen LogP contribution in [0.1, 0.15) is 65.7 Å². The van der Waals surface area contributed by atoms with Crippen LogP contribution in [0.25, 0.3) is 0 Å². The van der Waals surface area contributed by atoms with Crippen molar-refractivity contribution in [2.75, 3.05) is 0 Å². The van der Waals surface area contributed by atoms with Gasteiger partial charge in [0.05, 0.1) is 0 Å². The molecule has 1 N–H and O–H groups in total. The van der Waals surface area contributed by atoms with Gasteiger partial charge in [0.1, 0.15) is 5.60 Å². The Labute approximate surface area is 142 Å². The maximum Gasteiger partial charge on any atom is 0.276 e. The van der Waals surface area contributed by atoms with Crippen LogP contribution < -0.4 is 0 Å².